The van der Waals surface area contributed by atoms with Gasteiger partial charge in [-0.2, -0.15) is 4.98 Å². The molecular formula is C12H18N2O3. The van der Waals surface area contributed by atoms with Crippen LogP contribution in [0.25, 0.3) is 0 Å². The summed E-state index contributed by atoms with van der Waals surface area (Å²) in [4.78, 5) is 18.5. The van der Waals surface area contributed by atoms with Gasteiger partial charge in [-0.1, -0.05) is 0 Å². The lowest BCUT2D eigenvalue weighted by Gasteiger charge is -2.13. The van der Waals surface area contributed by atoms with E-state index in [0.717, 1.165) is 18.7 Å². The fourth-order valence-corrected chi connectivity index (χ4v) is 1.59. The Morgan fingerprint density at radius 1 is 1.59 bits per heavy atom. The summed E-state index contributed by atoms with van der Waals surface area (Å²) in [6, 6.07) is 1.38. The van der Waals surface area contributed by atoms with E-state index in [9.17, 15) is 4.79 Å². The van der Waals surface area contributed by atoms with Crippen molar-refractivity contribution in [3.05, 3.63) is 22.2 Å². The maximum atomic E-state index is 11.4. The molecule has 0 aromatic carbocycles. The molecule has 1 aromatic heterocycles. The van der Waals surface area contributed by atoms with Crippen LogP contribution < -0.4 is 10.3 Å². The quantitative estimate of drug-likeness (QED) is 0.814. The van der Waals surface area contributed by atoms with Crippen molar-refractivity contribution in [2.45, 2.75) is 38.7 Å². The molecule has 0 radical (unpaired) electrons. The minimum absolute atomic E-state index is 0.101. The smallest absolute Gasteiger partial charge is 0.254 e. The van der Waals surface area contributed by atoms with Crippen LogP contribution in [0.3, 0.4) is 0 Å². The Morgan fingerprint density at radius 3 is 3.00 bits per heavy atom. The summed E-state index contributed by atoms with van der Waals surface area (Å²) in [5.41, 5.74) is -0.152. The van der Waals surface area contributed by atoms with E-state index in [0.29, 0.717) is 25.0 Å². The van der Waals surface area contributed by atoms with Crippen molar-refractivity contribution < 1.29 is 9.47 Å². The lowest BCUT2D eigenvalue weighted by atomic mass is 10.4. The van der Waals surface area contributed by atoms with Gasteiger partial charge in [-0.05, 0) is 26.7 Å². The van der Waals surface area contributed by atoms with Gasteiger partial charge in [-0.25, -0.2) is 0 Å². The molecule has 5 heteroatoms. The topological polar surface area (TPSA) is 64.2 Å². The zero-order valence-electron chi connectivity index (χ0n) is 10.2. The molecule has 1 heterocycles. The highest BCUT2D eigenvalue weighted by molar-refractivity contribution is 5.14. The average molecular weight is 238 g/mol. The Morgan fingerprint density at radius 2 is 2.35 bits per heavy atom. The third-order valence-corrected chi connectivity index (χ3v) is 2.58. The van der Waals surface area contributed by atoms with Crippen LogP contribution in [-0.4, -0.2) is 29.3 Å². The second-order valence-corrected chi connectivity index (χ2v) is 4.33. The lowest BCUT2D eigenvalue weighted by molar-refractivity contribution is 0.0631. The molecule has 1 N–H and O–H groups in total. The minimum atomic E-state index is -0.152. The Kier molecular flexibility index (Phi) is 3.78. The van der Waals surface area contributed by atoms with Crippen LogP contribution in [0.2, 0.25) is 0 Å². The molecule has 1 fully saturated rings. The molecule has 1 atom stereocenters. The number of nitrogens with one attached hydrogen (secondary N) is 1. The van der Waals surface area contributed by atoms with Crippen molar-refractivity contribution in [1.82, 2.24) is 9.97 Å². The Hall–Kier alpha value is -1.36. The Bertz CT molecular complexity index is 426. The van der Waals surface area contributed by atoms with Gasteiger partial charge in [0.1, 0.15) is 11.9 Å². The summed E-state index contributed by atoms with van der Waals surface area (Å²) in [5, 5.41) is 0. The van der Waals surface area contributed by atoms with Crippen LogP contribution >= 0.6 is 0 Å². The number of hydrogen-bond donors (Lipinski definition) is 1. The van der Waals surface area contributed by atoms with E-state index in [4.69, 9.17) is 9.47 Å². The maximum absolute atomic E-state index is 11.4. The number of aromatic amines is 1. The van der Waals surface area contributed by atoms with E-state index in [-0.39, 0.29) is 11.7 Å². The zero-order chi connectivity index (χ0) is 12.3. The summed E-state index contributed by atoms with van der Waals surface area (Å²) in [6.07, 6.45) is 2.10. The fourth-order valence-electron chi connectivity index (χ4n) is 1.59. The third-order valence-electron chi connectivity index (χ3n) is 2.58. The van der Waals surface area contributed by atoms with Gasteiger partial charge in [0.05, 0.1) is 12.7 Å². The summed E-state index contributed by atoms with van der Waals surface area (Å²) in [6.45, 7) is 4.99. The van der Waals surface area contributed by atoms with Gasteiger partial charge in [0.15, 0.2) is 0 Å². The van der Waals surface area contributed by atoms with Gasteiger partial charge in [0.2, 0.25) is 5.88 Å². The van der Waals surface area contributed by atoms with E-state index >= 15 is 0 Å². The van der Waals surface area contributed by atoms with Gasteiger partial charge in [-0.3, -0.25) is 4.79 Å². The summed E-state index contributed by atoms with van der Waals surface area (Å²) < 4.78 is 10.8. The van der Waals surface area contributed by atoms with Crippen molar-refractivity contribution in [3.8, 4) is 5.88 Å². The minimum Gasteiger partial charge on any atom is -0.472 e. The Labute approximate surface area is 100 Å². The van der Waals surface area contributed by atoms with Gasteiger partial charge in [0, 0.05) is 12.5 Å². The molecule has 5 nitrogen and oxygen atoms in total. The van der Waals surface area contributed by atoms with Crippen LogP contribution in [0.1, 0.15) is 38.4 Å². The average Bonchev–Trinajstić information content (AvgIpc) is 3.09. The first-order valence-electron chi connectivity index (χ1n) is 6.04. The monoisotopic (exact) mass is 238 g/mol. The highest BCUT2D eigenvalue weighted by Gasteiger charge is 2.26. The van der Waals surface area contributed by atoms with Crippen LogP contribution in [0.4, 0.5) is 0 Å². The Balaban J connectivity index is 2.02. The van der Waals surface area contributed by atoms with E-state index in [1.165, 1.54) is 6.07 Å². The number of H-pyrrole nitrogens is 1. The number of nitrogens with zero attached hydrogens (tertiary/aromatic N) is 1. The molecular weight excluding hydrogens is 220 g/mol. The highest BCUT2D eigenvalue weighted by atomic mass is 16.5. The number of aromatic nitrogens is 2. The first-order chi connectivity index (χ1) is 8.19. The number of hydrogen-bond acceptors (Lipinski definition) is 4. The van der Waals surface area contributed by atoms with Crippen molar-refractivity contribution in [1.29, 1.82) is 0 Å². The van der Waals surface area contributed by atoms with E-state index in [1.807, 2.05) is 13.8 Å². The molecule has 0 bridgehead atoms. The maximum Gasteiger partial charge on any atom is 0.254 e. The molecule has 1 aliphatic rings. The number of rotatable bonds is 6. The van der Waals surface area contributed by atoms with Crippen LogP contribution in [-0.2, 0) is 4.74 Å². The SMILES string of the molecule is CCOCC(C)Oc1cc(=O)[nH]c(C2CC2)n1. The summed E-state index contributed by atoms with van der Waals surface area (Å²) >= 11 is 0. The van der Waals surface area contributed by atoms with E-state index in [2.05, 4.69) is 9.97 Å². The standard InChI is InChI=1S/C12H18N2O3/c1-3-16-7-8(2)17-11-6-10(15)13-12(14-11)9-4-5-9/h6,8-9H,3-5,7H2,1-2H3,(H,13,14,15). The largest absolute Gasteiger partial charge is 0.472 e. The predicted molar refractivity (Wildman–Crippen MR) is 63.4 cm³/mol. The zero-order valence-corrected chi connectivity index (χ0v) is 10.2. The first kappa shape index (κ1) is 12.1. The molecule has 0 spiro atoms. The van der Waals surface area contributed by atoms with Crippen molar-refractivity contribution in [2.24, 2.45) is 0 Å². The molecule has 0 aliphatic heterocycles. The summed E-state index contributed by atoms with van der Waals surface area (Å²) in [7, 11) is 0. The van der Waals surface area contributed by atoms with Crippen molar-refractivity contribution in [2.75, 3.05) is 13.2 Å². The van der Waals surface area contributed by atoms with Gasteiger partial charge in [0.25, 0.3) is 5.56 Å². The molecule has 0 amide bonds. The van der Waals surface area contributed by atoms with Crippen LogP contribution in [0.5, 0.6) is 5.88 Å². The molecule has 1 aliphatic carbocycles. The molecule has 0 saturated heterocycles. The highest BCUT2D eigenvalue weighted by Crippen LogP contribution is 2.37. The normalized spacial score (nSPS) is 16.8. The predicted octanol–water partition coefficient (Wildman–Crippen LogP) is 1.45. The van der Waals surface area contributed by atoms with Crippen LogP contribution in [0.15, 0.2) is 10.9 Å². The molecule has 94 valence electrons. The first-order valence-corrected chi connectivity index (χ1v) is 6.04. The second-order valence-electron chi connectivity index (χ2n) is 4.33. The van der Waals surface area contributed by atoms with Crippen LogP contribution in [0, 0.1) is 0 Å². The molecule has 1 saturated carbocycles. The molecule has 2 rings (SSSR count). The molecule has 1 aromatic rings. The third kappa shape index (κ3) is 3.56. The fraction of sp³-hybridized carbons (Fsp3) is 0.667. The summed E-state index contributed by atoms with van der Waals surface area (Å²) in [5.74, 6) is 1.55. The van der Waals surface area contributed by atoms with Crippen molar-refractivity contribution >= 4 is 0 Å². The van der Waals surface area contributed by atoms with Gasteiger partial charge in [-0.15, -0.1) is 0 Å². The van der Waals surface area contributed by atoms with Crippen molar-refractivity contribution in [3.63, 3.8) is 0 Å². The van der Waals surface area contributed by atoms with E-state index in [1.54, 1.807) is 0 Å². The molecule has 17 heavy (non-hydrogen) atoms. The lowest BCUT2D eigenvalue weighted by Crippen LogP contribution is -2.21. The number of ether oxygens (including phenoxy) is 2. The van der Waals surface area contributed by atoms with E-state index < -0.39 is 0 Å². The van der Waals surface area contributed by atoms with Gasteiger partial charge >= 0.3 is 0 Å². The second kappa shape index (κ2) is 5.31. The van der Waals surface area contributed by atoms with Gasteiger partial charge < -0.3 is 14.5 Å². The molecule has 1 unspecified atom stereocenters.